The second-order valence-electron chi connectivity index (χ2n) is 8.65. The van der Waals surface area contributed by atoms with Crippen LogP contribution in [0.15, 0.2) is 65.4 Å². The highest BCUT2D eigenvalue weighted by molar-refractivity contribution is 14.1. The van der Waals surface area contributed by atoms with Gasteiger partial charge >= 0.3 is 11.9 Å². The summed E-state index contributed by atoms with van der Waals surface area (Å²) in [4.78, 5) is 52.9. The Balaban J connectivity index is 1.65. The van der Waals surface area contributed by atoms with Crippen LogP contribution < -0.4 is 0 Å². The van der Waals surface area contributed by atoms with Gasteiger partial charge in [0.05, 0.1) is 84.7 Å². The molecule has 2 heterocycles. The van der Waals surface area contributed by atoms with Crippen molar-refractivity contribution in [1.82, 2.24) is 8.01 Å². The van der Waals surface area contributed by atoms with E-state index in [-0.39, 0.29) is 49.3 Å². The van der Waals surface area contributed by atoms with Gasteiger partial charge < -0.3 is 17.3 Å². The van der Waals surface area contributed by atoms with Crippen LogP contribution >= 0.6 is 34.5 Å². The molecule has 4 rings (SSSR count). The molecule has 0 saturated heterocycles. The number of carbonyl (C=O) groups is 4. The number of methoxy groups -OCH3 is 1. The third-order valence-electron chi connectivity index (χ3n) is 6.45. The van der Waals surface area contributed by atoms with Crippen LogP contribution in [0.5, 0.6) is 0 Å². The standard InChI is InChI=1S/C28H26ClIN2O7/c1-4-39-28(36)24-21(15-38-14-13-31-25(33)17-9-5-6-10-18(17)26(31)34)32(30)16(2)22(27(35)37-3)23(24)19-11-7-8-12-20(19)29/h5-12,21H,4,13-15H2,1-3H3. The predicted octanol–water partition coefficient (Wildman–Crippen LogP) is 4.45. The normalized spacial score (nSPS) is 17.1. The lowest BCUT2D eigenvalue weighted by atomic mass is 9.85. The van der Waals surface area contributed by atoms with Crippen molar-refractivity contribution in [1.29, 1.82) is 0 Å². The molecular weight excluding hydrogens is 639 g/mol. The average Bonchev–Trinajstić information content (AvgIpc) is 3.17. The average molecular weight is 665 g/mol. The van der Waals surface area contributed by atoms with E-state index in [0.29, 0.717) is 33.0 Å². The summed E-state index contributed by atoms with van der Waals surface area (Å²) < 4.78 is 18.1. The number of ether oxygens (including phenoxy) is 3. The summed E-state index contributed by atoms with van der Waals surface area (Å²) in [6, 6.07) is 12.9. The minimum atomic E-state index is -0.675. The maximum Gasteiger partial charge on any atom is 0.340 e. The summed E-state index contributed by atoms with van der Waals surface area (Å²) in [5, 5.41) is 0.343. The Morgan fingerprint density at radius 2 is 1.56 bits per heavy atom. The first-order valence-corrected chi connectivity index (χ1v) is 13.5. The molecule has 39 heavy (non-hydrogen) atoms. The third kappa shape index (κ3) is 5.45. The van der Waals surface area contributed by atoms with Crippen molar-refractivity contribution in [3.8, 4) is 0 Å². The third-order valence-corrected chi connectivity index (χ3v) is 8.18. The molecule has 2 aromatic carbocycles. The fraction of sp³-hybridized carbons (Fsp3) is 0.286. The molecule has 2 aromatic rings. The van der Waals surface area contributed by atoms with Crippen LogP contribution in [0.3, 0.4) is 0 Å². The van der Waals surface area contributed by atoms with E-state index in [1.54, 1.807) is 65.5 Å². The molecule has 0 N–H and O–H groups in total. The zero-order valence-corrected chi connectivity index (χ0v) is 24.4. The van der Waals surface area contributed by atoms with E-state index >= 15 is 0 Å². The lowest BCUT2D eigenvalue weighted by molar-refractivity contribution is -0.139. The molecule has 0 radical (unpaired) electrons. The lowest BCUT2D eigenvalue weighted by Gasteiger charge is -2.36. The highest BCUT2D eigenvalue weighted by Gasteiger charge is 2.41. The van der Waals surface area contributed by atoms with Gasteiger partial charge in [0.1, 0.15) is 0 Å². The van der Waals surface area contributed by atoms with Crippen LogP contribution in [0.25, 0.3) is 5.57 Å². The van der Waals surface area contributed by atoms with Crippen molar-refractivity contribution in [2.24, 2.45) is 0 Å². The van der Waals surface area contributed by atoms with Crippen LogP contribution in [0.4, 0.5) is 0 Å². The van der Waals surface area contributed by atoms with Crippen LogP contribution in [-0.4, -0.2) is 71.3 Å². The lowest BCUT2D eigenvalue weighted by Crippen LogP contribution is -2.41. The summed E-state index contributed by atoms with van der Waals surface area (Å²) in [5.41, 5.74) is 2.42. The van der Waals surface area contributed by atoms with Gasteiger partial charge in [-0.05, 0) is 32.0 Å². The van der Waals surface area contributed by atoms with Crippen LogP contribution in [0, 0.1) is 0 Å². The first-order chi connectivity index (χ1) is 18.7. The molecule has 11 heteroatoms. The number of carbonyl (C=O) groups excluding carboxylic acids is 4. The van der Waals surface area contributed by atoms with Crippen molar-refractivity contribution in [2.45, 2.75) is 19.9 Å². The van der Waals surface area contributed by atoms with Gasteiger partial charge in [-0.1, -0.05) is 41.9 Å². The molecule has 0 fully saturated rings. The monoisotopic (exact) mass is 664 g/mol. The van der Waals surface area contributed by atoms with Crippen LogP contribution in [0.2, 0.25) is 5.02 Å². The fourth-order valence-electron chi connectivity index (χ4n) is 4.62. The van der Waals surface area contributed by atoms with Gasteiger partial charge in [-0.2, -0.15) is 0 Å². The van der Waals surface area contributed by atoms with E-state index in [1.165, 1.54) is 7.11 Å². The number of allylic oxidation sites excluding steroid dienone is 1. The second-order valence-corrected chi connectivity index (χ2v) is 10.1. The summed E-state index contributed by atoms with van der Waals surface area (Å²) >= 11 is 8.55. The van der Waals surface area contributed by atoms with Crippen molar-refractivity contribution < 1.29 is 33.4 Å². The van der Waals surface area contributed by atoms with Gasteiger partial charge in [0.2, 0.25) is 0 Å². The fourth-order valence-corrected chi connectivity index (χ4v) is 5.53. The molecule has 1 unspecified atom stereocenters. The number of fused-ring (bicyclic) bond motifs is 1. The molecule has 2 amide bonds. The topological polar surface area (TPSA) is 102 Å². The Bertz CT molecular complexity index is 1370. The predicted molar refractivity (Wildman–Crippen MR) is 152 cm³/mol. The number of rotatable bonds is 9. The number of hydrogen-bond acceptors (Lipinski definition) is 8. The maximum absolute atomic E-state index is 13.4. The summed E-state index contributed by atoms with van der Waals surface area (Å²) in [7, 11) is 1.27. The summed E-state index contributed by atoms with van der Waals surface area (Å²) in [6.45, 7) is 3.62. The van der Waals surface area contributed by atoms with Gasteiger partial charge in [-0.3, -0.25) is 14.5 Å². The highest BCUT2D eigenvalue weighted by atomic mass is 127. The molecule has 1 atom stereocenters. The molecule has 2 aliphatic rings. The summed E-state index contributed by atoms with van der Waals surface area (Å²) in [6.07, 6.45) is 0. The molecule has 0 spiro atoms. The zero-order chi connectivity index (χ0) is 28.3. The molecular formula is C28H26ClIN2O7. The minimum Gasteiger partial charge on any atom is -0.465 e. The Kier molecular flexibility index (Phi) is 9.08. The molecule has 0 aromatic heterocycles. The highest BCUT2D eigenvalue weighted by Crippen LogP contribution is 2.43. The molecule has 204 valence electrons. The Hall–Kier alpha value is -3.22. The van der Waals surface area contributed by atoms with E-state index < -0.39 is 18.0 Å². The first kappa shape index (κ1) is 28.8. The first-order valence-electron chi connectivity index (χ1n) is 12.2. The second kappa shape index (κ2) is 12.3. The van der Waals surface area contributed by atoms with Gasteiger partial charge in [-0.25, -0.2) is 9.59 Å². The molecule has 0 saturated carbocycles. The Morgan fingerprint density at radius 1 is 0.974 bits per heavy atom. The Morgan fingerprint density at radius 3 is 2.13 bits per heavy atom. The van der Waals surface area contributed by atoms with E-state index in [1.807, 2.05) is 22.9 Å². The van der Waals surface area contributed by atoms with E-state index in [2.05, 4.69) is 0 Å². The summed E-state index contributed by atoms with van der Waals surface area (Å²) in [5.74, 6) is -2.00. The smallest absolute Gasteiger partial charge is 0.340 e. The van der Waals surface area contributed by atoms with Crippen molar-refractivity contribution in [3.05, 3.63) is 87.1 Å². The van der Waals surface area contributed by atoms with Crippen LogP contribution in [0.1, 0.15) is 40.1 Å². The number of benzene rings is 2. The number of imide groups is 1. The molecule has 0 aliphatic carbocycles. The van der Waals surface area contributed by atoms with Gasteiger partial charge in [0.15, 0.2) is 0 Å². The van der Waals surface area contributed by atoms with E-state index in [9.17, 15) is 19.2 Å². The van der Waals surface area contributed by atoms with Gasteiger partial charge in [0.25, 0.3) is 11.8 Å². The van der Waals surface area contributed by atoms with Crippen molar-refractivity contribution in [2.75, 3.05) is 33.5 Å². The largest absolute Gasteiger partial charge is 0.465 e. The van der Waals surface area contributed by atoms with Gasteiger partial charge in [-0.15, -0.1) is 0 Å². The SMILES string of the molecule is CCOC(=O)C1=C(c2ccccc2Cl)C(C(=O)OC)=C(C)N(I)C1COCCN1C(=O)c2ccccc2C1=O. The quantitative estimate of drug-likeness (QED) is 0.128. The minimum absolute atomic E-state index is 0.00000220. The van der Waals surface area contributed by atoms with E-state index in [4.69, 9.17) is 25.8 Å². The number of esters is 2. The number of nitrogens with zero attached hydrogens (tertiary/aromatic N) is 2. The van der Waals surface area contributed by atoms with E-state index in [0.717, 1.165) is 4.90 Å². The van der Waals surface area contributed by atoms with Crippen molar-refractivity contribution in [3.63, 3.8) is 0 Å². The maximum atomic E-state index is 13.4. The zero-order valence-electron chi connectivity index (χ0n) is 21.5. The number of hydrogen-bond donors (Lipinski definition) is 0. The molecule has 0 bridgehead atoms. The molecule has 9 nitrogen and oxygen atoms in total. The number of amides is 2. The van der Waals surface area contributed by atoms with Crippen LogP contribution in [-0.2, 0) is 23.8 Å². The molecule has 2 aliphatic heterocycles. The van der Waals surface area contributed by atoms with Crippen molar-refractivity contribution >= 4 is 63.8 Å². The number of halogens is 2. The van der Waals surface area contributed by atoms with Gasteiger partial charge in [0, 0.05) is 21.9 Å². The Labute approximate surface area is 244 Å².